The van der Waals surface area contributed by atoms with Gasteiger partial charge in [0.15, 0.2) is 11.0 Å². The van der Waals surface area contributed by atoms with Gasteiger partial charge in [0.2, 0.25) is 0 Å². The number of likely N-dealkylation sites (tertiary alicyclic amines) is 1. The molecule has 0 unspecified atom stereocenters. The van der Waals surface area contributed by atoms with Gasteiger partial charge in [-0.25, -0.2) is 4.98 Å². The number of rotatable bonds is 8. The van der Waals surface area contributed by atoms with E-state index in [4.69, 9.17) is 4.74 Å². The van der Waals surface area contributed by atoms with E-state index in [1.54, 1.807) is 29.6 Å². The zero-order chi connectivity index (χ0) is 25.6. The molecule has 1 fully saturated rings. The Bertz CT molecular complexity index is 1350. The fraction of sp³-hybridized carbons (Fsp3) is 0.308. The van der Waals surface area contributed by atoms with Crippen LogP contribution in [0.5, 0.6) is 0 Å². The van der Waals surface area contributed by atoms with Crippen molar-refractivity contribution in [1.82, 2.24) is 29.6 Å². The number of amides is 1. The molecule has 5 rings (SSSR count). The van der Waals surface area contributed by atoms with Crippen molar-refractivity contribution in [2.24, 2.45) is 5.92 Å². The second kappa shape index (κ2) is 11.7. The number of para-hydroxylation sites is 1. The summed E-state index contributed by atoms with van der Waals surface area (Å²) in [5.74, 6) is 0.868. The van der Waals surface area contributed by atoms with Crippen molar-refractivity contribution >= 4 is 35.0 Å². The molecule has 1 amide bonds. The number of esters is 1. The lowest BCUT2D eigenvalue weighted by Gasteiger charge is -2.30. The maximum atomic E-state index is 13.0. The van der Waals surface area contributed by atoms with Gasteiger partial charge in [0.1, 0.15) is 10.7 Å². The Hall–Kier alpha value is -3.57. The highest BCUT2D eigenvalue weighted by Gasteiger charge is 2.29. The zero-order valence-corrected chi connectivity index (χ0v) is 22.0. The summed E-state index contributed by atoms with van der Waals surface area (Å²) in [7, 11) is 0. The van der Waals surface area contributed by atoms with Crippen molar-refractivity contribution in [3.8, 4) is 17.1 Å². The van der Waals surface area contributed by atoms with E-state index in [-0.39, 0.29) is 17.8 Å². The van der Waals surface area contributed by atoms with Crippen molar-refractivity contribution in [2.75, 3.05) is 19.7 Å². The average Bonchev–Trinajstić information content (AvgIpc) is 3.60. The summed E-state index contributed by atoms with van der Waals surface area (Å²) in [5, 5.41) is 12.3. The highest BCUT2D eigenvalue weighted by atomic mass is 32.2. The minimum atomic E-state index is -0.169. The lowest BCUT2D eigenvalue weighted by Crippen LogP contribution is -2.40. The number of ether oxygens (including phenoxy) is 1. The van der Waals surface area contributed by atoms with Crippen LogP contribution < -0.4 is 0 Å². The molecule has 0 aliphatic carbocycles. The van der Waals surface area contributed by atoms with Crippen LogP contribution in [-0.4, -0.2) is 61.2 Å². The third kappa shape index (κ3) is 5.72. The van der Waals surface area contributed by atoms with Gasteiger partial charge in [0.05, 0.1) is 18.3 Å². The molecule has 1 aliphatic rings. The van der Waals surface area contributed by atoms with Crippen LogP contribution in [0, 0.1) is 5.92 Å². The first-order chi connectivity index (χ1) is 18.1. The van der Waals surface area contributed by atoms with Crippen molar-refractivity contribution in [1.29, 1.82) is 0 Å². The number of nitrogens with zero attached hydrogens (tertiary/aromatic N) is 6. The lowest BCUT2D eigenvalue weighted by atomic mass is 9.97. The van der Waals surface area contributed by atoms with Gasteiger partial charge in [0.25, 0.3) is 5.91 Å². The number of thiazole rings is 1. The summed E-state index contributed by atoms with van der Waals surface area (Å²) in [6, 6.07) is 13.8. The molecule has 9 nitrogen and oxygen atoms in total. The molecule has 0 spiro atoms. The summed E-state index contributed by atoms with van der Waals surface area (Å²) < 4.78 is 7.13. The summed E-state index contributed by atoms with van der Waals surface area (Å²) >= 11 is 2.98. The van der Waals surface area contributed by atoms with Gasteiger partial charge in [-0.2, -0.15) is 0 Å². The third-order valence-corrected chi connectivity index (χ3v) is 8.04. The molecule has 37 heavy (non-hydrogen) atoms. The van der Waals surface area contributed by atoms with Crippen LogP contribution in [0.1, 0.15) is 35.3 Å². The number of carbonyl (C=O) groups excluding carboxylic acids is 2. The molecule has 0 saturated carbocycles. The van der Waals surface area contributed by atoms with Crippen LogP contribution in [0.4, 0.5) is 0 Å². The van der Waals surface area contributed by atoms with Gasteiger partial charge in [-0.15, -0.1) is 21.5 Å². The van der Waals surface area contributed by atoms with Crippen molar-refractivity contribution < 1.29 is 14.3 Å². The van der Waals surface area contributed by atoms with E-state index in [2.05, 4.69) is 20.2 Å². The van der Waals surface area contributed by atoms with E-state index < -0.39 is 0 Å². The molecular weight excluding hydrogens is 508 g/mol. The smallest absolute Gasteiger partial charge is 0.309 e. The van der Waals surface area contributed by atoms with Crippen LogP contribution in [0.3, 0.4) is 0 Å². The van der Waals surface area contributed by atoms with E-state index >= 15 is 0 Å². The normalized spacial score (nSPS) is 14.0. The molecule has 4 heterocycles. The second-order valence-electron chi connectivity index (χ2n) is 8.45. The molecule has 1 aliphatic heterocycles. The molecule has 0 radical (unpaired) electrons. The van der Waals surface area contributed by atoms with E-state index in [1.807, 2.05) is 47.0 Å². The van der Waals surface area contributed by atoms with Gasteiger partial charge in [-0.1, -0.05) is 30.0 Å². The number of piperidine rings is 1. The topological polar surface area (TPSA) is 103 Å². The maximum Gasteiger partial charge on any atom is 0.309 e. The number of thioether (sulfide) groups is 1. The van der Waals surface area contributed by atoms with Gasteiger partial charge in [-0.05, 0) is 44.0 Å². The summed E-state index contributed by atoms with van der Waals surface area (Å²) in [4.78, 5) is 35.6. The van der Waals surface area contributed by atoms with E-state index in [0.29, 0.717) is 49.8 Å². The van der Waals surface area contributed by atoms with Gasteiger partial charge in [-0.3, -0.25) is 19.1 Å². The van der Waals surface area contributed by atoms with Gasteiger partial charge < -0.3 is 9.64 Å². The van der Waals surface area contributed by atoms with Crippen LogP contribution in [0.2, 0.25) is 0 Å². The Morgan fingerprint density at radius 1 is 1.11 bits per heavy atom. The molecule has 11 heteroatoms. The molecule has 3 aromatic heterocycles. The second-order valence-corrected chi connectivity index (χ2v) is 10.3. The minimum Gasteiger partial charge on any atom is -0.466 e. The SMILES string of the molecule is CCOC(=O)C1CCN(C(=O)c2csc(CSc3nnc(-c4cccnc4)n3-c3ccccc3)n2)CC1. The quantitative estimate of drug-likeness (QED) is 0.241. The Morgan fingerprint density at radius 2 is 1.92 bits per heavy atom. The number of hydrogen-bond acceptors (Lipinski definition) is 9. The molecule has 0 N–H and O–H groups in total. The van der Waals surface area contributed by atoms with E-state index in [9.17, 15) is 9.59 Å². The molecule has 1 saturated heterocycles. The standard InChI is InChI=1S/C26H26N6O3S2/c1-2-35-25(34)18-10-13-31(14-11-18)24(33)21-16-36-22(28-21)17-37-26-30-29-23(19-7-6-12-27-15-19)32(26)20-8-4-3-5-9-20/h3-9,12,15-16,18H,2,10-11,13-14,17H2,1H3. The molecule has 0 atom stereocenters. The Balaban J connectivity index is 1.26. The molecule has 4 aromatic rings. The maximum absolute atomic E-state index is 13.0. The molecule has 0 bridgehead atoms. The molecule has 1 aromatic carbocycles. The fourth-order valence-corrected chi connectivity index (χ4v) is 5.94. The molecular formula is C26H26N6O3S2. The highest BCUT2D eigenvalue weighted by molar-refractivity contribution is 7.98. The first-order valence-electron chi connectivity index (χ1n) is 12.1. The first kappa shape index (κ1) is 25.1. The summed E-state index contributed by atoms with van der Waals surface area (Å²) in [6.07, 6.45) is 4.73. The predicted octanol–water partition coefficient (Wildman–Crippen LogP) is 4.49. The molecule has 190 valence electrons. The number of benzene rings is 1. The third-order valence-electron chi connectivity index (χ3n) is 6.07. The number of carbonyl (C=O) groups is 2. The fourth-order valence-electron chi connectivity index (χ4n) is 4.20. The van der Waals surface area contributed by atoms with Crippen LogP contribution in [0.25, 0.3) is 17.1 Å². The largest absolute Gasteiger partial charge is 0.466 e. The number of hydrogen-bond donors (Lipinski definition) is 0. The van der Waals surface area contributed by atoms with Crippen LogP contribution in [0.15, 0.2) is 65.4 Å². The average molecular weight is 535 g/mol. The van der Waals surface area contributed by atoms with Gasteiger partial charge >= 0.3 is 5.97 Å². The van der Waals surface area contributed by atoms with Crippen molar-refractivity contribution in [3.63, 3.8) is 0 Å². The monoisotopic (exact) mass is 534 g/mol. The Kier molecular flexibility index (Phi) is 7.90. The van der Waals surface area contributed by atoms with Crippen molar-refractivity contribution in [2.45, 2.75) is 30.7 Å². The van der Waals surface area contributed by atoms with Crippen LogP contribution >= 0.6 is 23.1 Å². The van der Waals surface area contributed by atoms with E-state index in [1.165, 1.54) is 23.1 Å². The predicted molar refractivity (Wildman–Crippen MR) is 142 cm³/mol. The minimum absolute atomic E-state index is 0.0962. The van der Waals surface area contributed by atoms with Crippen LogP contribution in [-0.2, 0) is 15.3 Å². The Labute approximate surface area is 222 Å². The lowest BCUT2D eigenvalue weighted by molar-refractivity contribution is -0.149. The van der Waals surface area contributed by atoms with E-state index in [0.717, 1.165) is 21.4 Å². The summed E-state index contributed by atoms with van der Waals surface area (Å²) in [5.41, 5.74) is 2.27. The zero-order valence-electron chi connectivity index (χ0n) is 20.3. The van der Waals surface area contributed by atoms with Gasteiger partial charge in [0, 0.05) is 42.1 Å². The number of pyridine rings is 1. The highest BCUT2D eigenvalue weighted by Crippen LogP contribution is 2.30. The first-order valence-corrected chi connectivity index (χ1v) is 13.9. The number of aromatic nitrogens is 5. The summed E-state index contributed by atoms with van der Waals surface area (Å²) in [6.45, 7) is 3.24. The Morgan fingerprint density at radius 3 is 2.65 bits per heavy atom. The van der Waals surface area contributed by atoms with Crippen molar-refractivity contribution in [3.05, 3.63) is 70.9 Å².